The Morgan fingerprint density at radius 2 is 2.14 bits per heavy atom. The Morgan fingerprint density at radius 1 is 1.36 bits per heavy atom. The fourth-order valence-corrected chi connectivity index (χ4v) is 1.60. The summed E-state index contributed by atoms with van der Waals surface area (Å²) in [6.07, 6.45) is 0. The minimum absolute atomic E-state index is 0.264. The van der Waals surface area contributed by atoms with E-state index in [0.717, 1.165) is 16.9 Å². The molecular weight excluding hydrogens is 180 g/mol. The molecule has 1 aromatic rings. The van der Waals surface area contributed by atoms with E-state index in [1.54, 1.807) is 13.8 Å². The van der Waals surface area contributed by atoms with Crippen molar-refractivity contribution in [1.29, 1.82) is 0 Å². The molecule has 0 amide bonds. The Bertz CT molecular complexity index is 339. The van der Waals surface area contributed by atoms with Gasteiger partial charge in [-0.25, -0.2) is 0 Å². The molecule has 0 saturated carbocycles. The molecule has 0 fully saturated rings. The van der Waals surface area contributed by atoms with Crippen LogP contribution in [-0.2, 0) is 16.9 Å². The third kappa shape index (κ3) is 1.61. The van der Waals surface area contributed by atoms with Crippen LogP contribution in [0.15, 0.2) is 18.2 Å². The summed E-state index contributed by atoms with van der Waals surface area (Å²) in [5.41, 5.74) is 0.942. The fraction of sp³-hybridized carbons (Fsp3) is 0.455. The van der Waals surface area contributed by atoms with Crippen molar-refractivity contribution in [2.45, 2.75) is 26.1 Å². The molecule has 14 heavy (non-hydrogen) atoms. The van der Waals surface area contributed by atoms with Crippen molar-refractivity contribution in [3.05, 3.63) is 29.3 Å². The Morgan fingerprint density at radius 3 is 2.86 bits per heavy atom. The van der Waals surface area contributed by atoms with Crippen molar-refractivity contribution in [3.63, 3.8) is 0 Å². The van der Waals surface area contributed by atoms with Gasteiger partial charge >= 0.3 is 0 Å². The van der Waals surface area contributed by atoms with E-state index in [1.165, 1.54) is 0 Å². The topological polar surface area (TPSA) is 38.7 Å². The highest BCUT2D eigenvalue weighted by Crippen LogP contribution is 2.34. The van der Waals surface area contributed by atoms with Crippen LogP contribution in [0.2, 0.25) is 0 Å². The molecule has 1 aliphatic rings. The van der Waals surface area contributed by atoms with Crippen LogP contribution in [0.4, 0.5) is 0 Å². The lowest BCUT2D eigenvalue weighted by atomic mass is 9.95. The minimum Gasteiger partial charge on any atom is -0.467 e. The van der Waals surface area contributed by atoms with Crippen LogP contribution in [0.1, 0.15) is 25.0 Å². The van der Waals surface area contributed by atoms with Gasteiger partial charge in [0.25, 0.3) is 0 Å². The first-order valence-corrected chi connectivity index (χ1v) is 4.64. The van der Waals surface area contributed by atoms with Crippen molar-refractivity contribution in [2.75, 3.05) is 6.79 Å². The Balaban J connectivity index is 2.51. The van der Waals surface area contributed by atoms with Crippen LogP contribution < -0.4 is 4.74 Å². The molecular formula is C11H14O3. The minimum atomic E-state index is -0.872. The van der Waals surface area contributed by atoms with Gasteiger partial charge in [0, 0.05) is 11.1 Å². The summed E-state index contributed by atoms with van der Waals surface area (Å²) in [4.78, 5) is 0. The molecule has 0 aliphatic carbocycles. The van der Waals surface area contributed by atoms with Crippen LogP contribution in [0.3, 0.4) is 0 Å². The Labute approximate surface area is 83.3 Å². The third-order valence-corrected chi connectivity index (χ3v) is 2.30. The molecule has 0 bridgehead atoms. The molecule has 0 atom stereocenters. The van der Waals surface area contributed by atoms with Gasteiger partial charge in [-0.05, 0) is 13.8 Å². The highest BCUT2D eigenvalue weighted by atomic mass is 16.7. The van der Waals surface area contributed by atoms with E-state index in [1.807, 2.05) is 18.2 Å². The van der Waals surface area contributed by atoms with Gasteiger partial charge in [0.05, 0.1) is 12.2 Å². The van der Waals surface area contributed by atoms with Crippen molar-refractivity contribution < 1.29 is 14.6 Å². The quantitative estimate of drug-likeness (QED) is 0.740. The van der Waals surface area contributed by atoms with Gasteiger partial charge in [-0.1, -0.05) is 18.2 Å². The molecule has 1 aromatic carbocycles. The summed E-state index contributed by atoms with van der Waals surface area (Å²) in [5.74, 6) is 0.770. The van der Waals surface area contributed by atoms with Crippen LogP contribution in [0, 0.1) is 0 Å². The molecule has 2 rings (SSSR count). The average molecular weight is 194 g/mol. The van der Waals surface area contributed by atoms with E-state index in [-0.39, 0.29) is 6.79 Å². The average Bonchev–Trinajstić information content (AvgIpc) is 2.15. The van der Waals surface area contributed by atoms with E-state index in [4.69, 9.17) is 9.47 Å². The lowest BCUT2D eigenvalue weighted by Crippen LogP contribution is -2.21. The van der Waals surface area contributed by atoms with E-state index in [0.29, 0.717) is 6.61 Å². The maximum Gasteiger partial charge on any atom is 0.189 e. The molecule has 76 valence electrons. The first kappa shape index (κ1) is 9.49. The van der Waals surface area contributed by atoms with E-state index < -0.39 is 5.60 Å². The molecule has 0 radical (unpaired) electrons. The highest BCUT2D eigenvalue weighted by molar-refractivity contribution is 5.44. The first-order valence-electron chi connectivity index (χ1n) is 4.64. The number of rotatable bonds is 1. The largest absolute Gasteiger partial charge is 0.467 e. The zero-order chi connectivity index (χ0) is 10.2. The second-order valence-corrected chi connectivity index (χ2v) is 3.96. The molecule has 0 unspecified atom stereocenters. The summed E-state index contributed by atoms with van der Waals surface area (Å²) >= 11 is 0. The van der Waals surface area contributed by atoms with Crippen molar-refractivity contribution >= 4 is 0 Å². The zero-order valence-electron chi connectivity index (χ0n) is 8.41. The van der Waals surface area contributed by atoms with Gasteiger partial charge < -0.3 is 14.6 Å². The highest BCUT2D eigenvalue weighted by Gasteiger charge is 2.24. The van der Waals surface area contributed by atoms with Crippen molar-refractivity contribution in [2.24, 2.45) is 0 Å². The van der Waals surface area contributed by atoms with Gasteiger partial charge in [-0.3, -0.25) is 0 Å². The first-order chi connectivity index (χ1) is 6.59. The molecule has 0 saturated heterocycles. The zero-order valence-corrected chi connectivity index (χ0v) is 8.41. The third-order valence-electron chi connectivity index (χ3n) is 2.30. The molecule has 3 nitrogen and oxygen atoms in total. The maximum atomic E-state index is 9.92. The summed E-state index contributed by atoms with van der Waals surface area (Å²) in [5, 5.41) is 9.92. The normalized spacial score (nSPS) is 15.9. The monoisotopic (exact) mass is 194 g/mol. The lowest BCUT2D eigenvalue weighted by Gasteiger charge is -2.26. The van der Waals surface area contributed by atoms with E-state index in [9.17, 15) is 5.11 Å². The number of benzene rings is 1. The summed E-state index contributed by atoms with van der Waals surface area (Å²) in [6.45, 7) is 4.32. The summed E-state index contributed by atoms with van der Waals surface area (Å²) in [6, 6.07) is 5.73. The Hall–Kier alpha value is -1.06. The predicted molar refractivity (Wildman–Crippen MR) is 52.0 cm³/mol. The maximum absolute atomic E-state index is 9.92. The van der Waals surface area contributed by atoms with Gasteiger partial charge in [0.1, 0.15) is 5.75 Å². The second-order valence-electron chi connectivity index (χ2n) is 3.96. The number of hydrogen-bond acceptors (Lipinski definition) is 3. The lowest BCUT2D eigenvalue weighted by molar-refractivity contribution is -0.0212. The SMILES string of the molecule is CC(C)(O)c1cccc2c1OCOC2. The smallest absolute Gasteiger partial charge is 0.189 e. The number of para-hydroxylation sites is 1. The molecule has 3 heteroatoms. The van der Waals surface area contributed by atoms with Crippen molar-refractivity contribution in [3.8, 4) is 5.75 Å². The van der Waals surface area contributed by atoms with Crippen LogP contribution in [0.25, 0.3) is 0 Å². The van der Waals surface area contributed by atoms with Crippen LogP contribution in [0.5, 0.6) is 5.75 Å². The molecule has 0 spiro atoms. The summed E-state index contributed by atoms with van der Waals surface area (Å²) < 4.78 is 10.6. The molecule has 1 heterocycles. The number of fused-ring (bicyclic) bond motifs is 1. The number of hydrogen-bond donors (Lipinski definition) is 1. The Kier molecular flexibility index (Phi) is 2.21. The fourth-order valence-electron chi connectivity index (χ4n) is 1.60. The predicted octanol–water partition coefficient (Wildman–Crippen LogP) is 1.78. The standard InChI is InChI=1S/C11H14O3/c1-11(2,12)9-5-3-4-8-6-13-7-14-10(8)9/h3-5,12H,6-7H2,1-2H3. The molecule has 1 aliphatic heterocycles. The van der Waals surface area contributed by atoms with Gasteiger partial charge in [-0.2, -0.15) is 0 Å². The summed E-state index contributed by atoms with van der Waals surface area (Å²) in [7, 11) is 0. The van der Waals surface area contributed by atoms with Crippen LogP contribution in [-0.4, -0.2) is 11.9 Å². The molecule has 0 aromatic heterocycles. The van der Waals surface area contributed by atoms with E-state index in [2.05, 4.69) is 0 Å². The van der Waals surface area contributed by atoms with Crippen LogP contribution >= 0.6 is 0 Å². The molecule has 1 N–H and O–H groups in total. The van der Waals surface area contributed by atoms with Gasteiger partial charge in [-0.15, -0.1) is 0 Å². The van der Waals surface area contributed by atoms with Crippen molar-refractivity contribution in [1.82, 2.24) is 0 Å². The van der Waals surface area contributed by atoms with Gasteiger partial charge in [0.15, 0.2) is 6.79 Å². The van der Waals surface area contributed by atoms with Gasteiger partial charge in [0.2, 0.25) is 0 Å². The number of ether oxygens (including phenoxy) is 2. The van der Waals surface area contributed by atoms with E-state index >= 15 is 0 Å². The number of aliphatic hydroxyl groups is 1. The second kappa shape index (κ2) is 3.26.